The second kappa shape index (κ2) is 7.32. The average Bonchev–Trinajstić information content (AvgIpc) is 2.49. The molecule has 6 nitrogen and oxygen atoms in total. The van der Waals surface area contributed by atoms with Crippen LogP contribution in [0.25, 0.3) is 0 Å². The number of nitrogens with two attached hydrogens (primary N) is 1. The smallest absolute Gasteiger partial charge is 0.417 e. The molecule has 0 aliphatic carbocycles. The summed E-state index contributed by atoms with van der Waals surface area (Å²) in [6.07, 6.45) is -3.70. The number of hydrogen-bond donors (Lipinski definition) is 3. The van der Waals surface area contributed by atoms with Crippen LogP contribution in [0.5, 0.6) is 0 Å². The van der Waals surface area contributed by atoms with E-state index >= 15 is 0 Å². The Morgan fingerprint density at radius 2 is 1.83 bits per heavy atom. The second-order valence-corrected chi connectivity index (χ2v) is 4.81. The zero-order chi connectivity index (χ0) is 17.8. The summed E-state index contributed by atoms with van der Waals surface area (Å²) in [5.74, 6) is 1.81. The fourth-order valence-electron chi connectivity index (χ4n) is 2.08. The number of carbonyl (C=O) groups excluding carboxylic acids is 1. The van der Waals surface area contributed by atoms with E-state index in [4.69, 9.17) is 11.0 Å². The number of rotatable bonds is 6. The zero-order valence-electron chi connectivity index (χ0n) is 12.5. The highest BCUT2D eigenvalue weighted by Crippen LogP contribution is 2.35. The molecule has 0 radical (unpaired) electrons. The molecule has 0 aliphatic rings. The number of halogens is 3. The van der Waals surface area contributed by atoms with Gasteiger partial charge in [0, 0.05) is 11.7 Å². The highest BCUT2D eigenvalue weighted by Gasteiger charge is 2.37. The lowest BCUT2D eigenvalue weighted by Crippen LogP contribution is -2.23. The molecule has 1 rings (SSSR count). The van der Waals surface area contributed by atoms with Crippen molar-refractivity contribution in [2.45, 2.75) is 38.9 Å². The number of anilines is 1. The molecule has 0 saturated carbocycles. The number of nitrogens with one attached hydrogen (secondary N) is 1. The summed E-state index contributed by atoms with van der Waals surface area (Å²) in [5, 5.41) is 11.9. The molecule has 0 aromatic heterocycles. The summed E-state index contributed by atoms with van der Waals surface area (Å²) in [6.45, 7) is 3.68. The van der Waals surface area contributed by atoms with E-state index in [0.717, 1.165) is 6.07 Å². The summed E-state index contributed by atoms with van der Waals surface area (Å²) < 4.78 is 39.0. The van der Waals surface area contributed by atoms with Gasteiger partial charge in [0.05, 0.1) is 16.7 Å². The fourth-order valence-corrected chi connectivity index (χ4v) is 2.08. The fraction of sp³-hybridized carbons (Fsp3) is 0.429. The van der Waals surface area contributed by atoms with Gasteiger partial charge in [-0.15, -0.1) is 0 Å². The van der Waals surface area contributed by atoms with Gasteiger partial charge in [-0.25, -0.2) is 9.59 Å². The van der Waals surface area contributed by atoms with Crippen molar-refractivity contribution >= 4 is 17.6 Å². The van der Waals surface area contributed by atoms with E-state index in [2.05, 4.69) is 10.2 Å². The van der Waals surface area contributed by atoms with E-state index in [1.54, 1.807) is 0 Å². The Morgan fingerprint density at radius 1 is 1.26 bits per heavy atom. The van der Waals surface area contributed by atoms with E-state index < -0.39 is 34.8 Å². The van der Waals surface area contributed by atoms with Gasteiger partial charge in [-0.1, -0.05) is 13.8 Å². The quantitative estimate of drug-likeness (QED) is 0.691. The summed E-state index contributed by atoms with van der Waals surface area (Å²) in [6, 6.07) is 1.05. The Bertz CT molecular complexity index is 598. The molecule has 0 unspecified atom stereocenters. The molecule has 0 aliphatic heterocycles. The van der Waals surface area contributed by atoms with Gasteiger partial charge in [-0.05, 0) is 25.0 Å². The summed E-state index contributed by atoms with van der Waals surface area (Å²) in [5.41, 5.74) is -2.95. The van der Waals surface area contributed by atoms with Crippen LogP contribution in [0, 0.1) is 0 Å². The van der Waals surface area contributed by atoms with Crippen molar-refractivity contribution < 1.29 is 32.7 Å². The third-order valence-corrected chi connectivity index (χ3v) is 3.37. The number of hydrogen-bond acceptors (Lipinski definition) is 5. The van der Waals surface area contributed by atoms with E-state index in [1.807, 2.05) is 13.8 Å². The number of aromatic carboxylic acids is 1. The number of carboxylic acids is 1. The minimum Gasteiger partial charge on any atom is -0.478 e. The first kappa shape index (κ1) is 18.8. The molecule has 0 spiro atoms. The number of alkyl halides is 3. The van der Waals surface area contributed by atoms with E-state index in [9.17, 15) is 22.8 Å². The molecule has 0 fully saturated rings. The van der Waals surface area contributed by atoms with Crippen LogP contribution in [-0.4, -0.2) is 23.1 Å². The normalized spacial score (nSPS) is 11.4. The van der Waals surface area contributed by atoms with Crippen LogP contribution < -0.4 is 11.2 Å². The molecule has 0 heterocycles. The van der Waals surface area contributed by atoms with Crippen molar-refractivity contribution in [3.63, 3.8) is 0 Å². The Hall–Kier alpha value is -2.29. The average molecular weight is 334 g/mol. The van der Waals surface area contributed by atoms with E-state index in [1.165, 1.54) is 0 Å². The lowest BCUT2D eigenvalue weighted by atomic mass is 10.00. The number of benzene rings is 1. The third kappa shape index (κ3) is 4.35. The van der Waals surface area contributed by atoms with Gasteiger partial charge in [-0.2, -0.15) is 19.1 Å². The van der Waals surface area contributed by atoms with Gasteiger partial charge in [-0.3, -0.25) is 0 Å². The second-order valence-electron chi connectivity index (χ2n) is 4.81. The maximum absolute atomic E-state index is 13.0. The lowest BCUT2D eigenvalue weighted by Gasteiger charge is -2.20. The summed E-state index contributed by atoms with van der Waals surface area (Å²) >= 11 is 0. The first-order chi connectivity index (χ1) is 10.6. The standard InChI is InChI=1S/C14H17F3N2O4/c1-3-7(4-2)19-11-6-8(12(20)21)10(14(15,16)17)5-9(11)13(22)23-18/h5-7,19H,3-4,18H2,1-2H3,(H,20,21). The Balaban J connectivity index is 3.57. The van der Waals surface area contributed by atoms with Gasteiger partial charge in [0.15, 0.2) is 0 Å². The zero-order valence-corrected chi connectivity index (χ0v) is 12.5. The molecule has 0 bridgehead atoms. The van der Waals surface area contributed by atoms with Gasteiger partial charge < -0.3 is 15.3 Å². The van der Waals surface area contributed by atoms with Gasteiger partial charge in [0.1, 0.15) is 0 Å². The van der Waals surface area contributed by atoms with Crippen LogP contribution in [0.3, 0.4) is 0 Å². The van der Waals surface area contributed by atoms with Crippen LogP contribution in [0.1, 0.15) is 53.0 Å². The molecule has 1 aromatic rings. The molecule has 1 aromatic carbocycles. The lowest BCUT2D eigenvalue weighted by molar-refractivity contribution is -0.138. The maximum atomic E-state index is 13.0. The molecule has 4 N–H and O–H groups in total. The third-order valence-electron chi connectivity index (χ3n) is 3.37. The molecular formula is C14H17F3N2O4. The predicted octanol–water partition coefficient (Wildman–Crippen LogP) is 3.03. The first-order valence-corrected chi connectivity index (χ1v) is 6.81. The van der Waals surface area contributed by atoms with Gasteiger partial charge >= 0.3 is 18.1 Å². The van der Waals surface area contributed by atoms with Crippen LogP contribution in [0.2, 0.25) is 0 Å². The number of carboxylic acid groups (broad SMARTS) is 1. The molecule has 0 saturated heterocycles. The van der Waals surface area contributed by atoms with Gasteiger partial charge in [0.2, 0.25) is 0 Å². The summed E-state index contributed by atoms with van der Waals surface area (Å²) in [4.78, 5) is 26.8. The molecule has 128 valence electrons. The SMILES string of the molecule is CCC(CC)Nc1cc(C(=O)O)c(C(F)(F)F)cc1C(=O)ON. The molecule has 0 amide bonds. The topological polar surface area (TPSA) is 102 Å². The highest BCUT2D eigenvalue weighted by atomic mass is 19.4. The minimum absolute atomic E-state index is 0.0699. The summed E-state index contributed by atoms with van der Waals surface area (Å²) in [7, 11) is 0. The van der Waals surface area contributed by atoms with Gasteiger partial charge in [0.25, 0.3) is 0 Å². The van der Waals surface area contributed by atoms with E-state index in [-0.39, 0.29) is 11.7 Å². The van der Waals surface area contributed by atoms with Crippen LogP contribution >= 0.6 is 0 Å². The minimum atomic E-state index is -4.94. The Kier molecular flexibility index (Phi) is 5.97. The van der Waals surface area contributed by atoms with Crippen LogP contribution in [-0.2, 0) is 11.0 Å². The number of carbonyl (C=O) groups is 2. The van der Waals surface area contributed by atoms with Crippen molar-refractivity contribution in [3.05, 3.63) is 28.8 Å². The van der Waals surface area contributed by atoms with Crippen LogP contribution in [0.15, 0.2) is 12.1 Å². The molecule has 23 heavy (non-hydrogen) atoms. The van der Waals surface area contributed by atoms with Crippen molar-refractivity contribution in [3.8, 4) is 0 Å². The van der Waals surface area contributed by atoms with Crippen molar-refractivity contribution in [2.24, 2.45) is 5.90 Å². The monoisotopic (exact) mass is 334 g/mol. The largest absolute Gasteiger partial charge is 0.478 e. The first-order valence-electron chi connectivity index (χ1n) is 6.81. The van der Waals surface area contributed by atoms with Crippen LogP contribution in [0.4, 0.5) is 18.9 Å². The maximum Gasteiger partial charge on any atom is 0.417 e. The Labute approximate surface area is 130 Å². The Morgan fingerprint density at radius 3 is 2.22 bits per heavy atom. The van der Waals surface area contributed by atoms with Crippen molar-refractivity contribution in [2.75, 3.05) is 5.32 Å². The predicted molar refractivity (Wildman–Crippen MR) is 76.0 cm³/mol. The van der Waals surface area contributed by atoms with Crippen molar-refractivity contribution in [1.29, 1.82) is 0 Å². The highest BCUT2D eigenvalue weighted by molar-refractivity contribution is 5.99. The molecule has 9 heteroatoms. The molecule has 0 atom stereocenters. The van der Waals surface area contributed by atoms with Crippen molar-refractivity contribution in [1.82, 2.24) is 0 Å². The van der Waals surface area contributed by atoms with E-state index in [0.29, 0.717) is 18.9 Å². The molecular weight excluding hydrogens is 317 g/mol.